The van der Waals surface area contributed by atoms with Gasteiger partial charge in [0, 0.05) is 30.1 Å². The van der Waals surface area contributed by atoms with Crippen LogP contribution < -0.4 is 15.0 Å². The number of fused-ring (bicyclic) bond motifs is 2. The average Bonchev–Trinajstić information content (AvgIpc) is 2.84. The SMILES string of the molecule is O=c1[nH]c2cc3c(cc2cc1CN(C[C@@H]1COCCO1)S(=O)(=O)c1ccccc1)OCCO3. The number of H-pyrrole nitrogens is 1. The van der Waals surface area contributed by atoms with Gasteiger partial charge in [-0.1, -0.05) is 18.2 Å². The van der Waals surface area contributed by atoms with Gasteiger partial charge in [0.2, 0.25) is 10.0 Å². The van der Waals surface area contributed by atoms with Crippen molar-refractivity contribution in [2.75, 3.05) is 39.6 Å². The quantitative estimate of drug-likeness (QED) is 0.584. The van der Waals surface area contributed by atoms with Gasteiger partial charge in [-0.2, -0.15) is 4.31 Å². The van der Waals surface area contributed by atoms with Crippen molar-refractivity contribution in [3.63, 3.8) is 0 Å². The third-order valence-corrected chi connectivity index (χ3v) is 7.43. The molecule has 1 fully saturated rings. The predicted molar refractivity (Wildman–Crippen MR) is 120 cm³/mol. The van der Waals surface area contributed by atoms with E-state index >= 15 is 0 Å². The molecule has 2 aliphatic rings. The minimum Gasteiger partial charge on any atom is -0.486 e. The number of rotatable bonds is 6. The normalized spacial score (nSPS) is 18.5. The Morgan fingerprint density at radius 3 is 2.45 bits per heavy atom. The van der Waals surface area contributed by atoms with E-state index in [1.807, 2.05) is 0 Å². The molecule has 33 heavy (non-hydrogen) atoms. The van der Waals surface area contributed by atoms with Crippen molar-refractivity contribution in [2.45, 2.75) is 17.5 Å². The number of benzene rings is 2. The number of nitrogens with one attached hydrogen (secondary N) is 1. The highest BCUT2D eigenvalue weighted by Crippen LogP contribution is 2.33. The summed E-state index contributed by atoms with van der Waals surface area (Å²) in [6.45, 7) is 2.00. The minimum atomic E-state index is -3.88. The maximum Gasteiger partial charge on any atom is 0.252 e. The third kappa shape index (κ3) is 4.60. The molecule has 2 aliphatic heterocycles. The maximum atomic E-state index is 13.5. The molecule has 3 heterocycles. The number of nitrogens with zero attached hydrogens (tertiary/aromatic N) is 1. The average molecular weight is 473 g/mol. The zero-order valence-corrected chi connectivity index (χ0v) is 18.7. The highest BCUT2D eigenvalue weighted by molar-refractivity contribution is 7.89. The summed E-state index contributed by atoms with van der Waals surface area (Å²) in [4.78, 5) is 15.9. The zero-order valence-electron chi connectivity index (χ0n) is 17.9. The molecule has 2 aromatic carbocycles. The molecule has 0 amide bonds. The van der Waals surface area contributed by atoms with Gasteiger partial charge < -0.3 is 23.9 Å². The van der Waals surface area contributed by atoms with Crippen molar-refractivity contribution in [3.05, 3.63) is 64.4 Å². The van der Waals surface area contributed by atoms with Crippen molar-refractivity contribution in [1.82, 2.24) is 9.29 Å². The number of sulfonamides is 1. The minimum absolute atomic E-state index is 0.0653. The fraction of sp³-hybridized carbons (Fsp3) is 0.348. The fourth-order valence-electron chi connectivity index (χ4n) is 3.95. The molecule has 5 rings (SSSR count). The van der Waals surface area contributed by atoms with Crippen molar-refractivity contribution >= 4 is 20.9 Å². The number of aromatic nitrogens is 1. The van der Waals surface area contributed by atoms with Crippen LogP contribution >= 0.6 is 0 Å². The summed E-state index contributed by atoms with van der Waals surface area (Å²) in [6, 6.07) is 13.4. The van der Waals surface area contributed by atoms with Crippen LogP contribution in [0.25, 0.3) is 10.9 Å². The summed E-state index contributed by atoms with van der Waals surface area (Å²) >= 11 is 0. The van der Waals surface area contributed by atoms with E-state index < -0.39 is 16.1 Å². The fourth-order valence-corrected chi connectivity index (χ4v) is 5.42. The van der Waals surface area contributed by atoms with Crippen LogP contribution in [0.3, 0.4) is 0 Å². The summed E-state index contributed by atoms with van der Waals surface area (Å²) < 4.78 is 50.6. The van der Waals surface area contributed by atoms with Crippen molar-refractivity contribution in [1.29, 1.82) is 0 Å². The Morgan fingerprint density at radius 2 is 1.73 bits per heavy atom. The lowest BCUT2D eigenvalue weighted by Gasteiger charge is -2.29. The molecule has 1 saturated heterocycles. The smallest absolute Gasteiger partial charge is 0.252 e. The molecule has 10 heteroatoms. The van der Waals surface area contributed by atoms with Gasteiger partial charge in [-0.3, -0.25) is 4.79 Å². The van der Waals surface area contributed by atoms with E-state index in [9.17, 15) is 13.2 Å². The van der Waals surface area contributed by atoms with E-state index in [0.29, 0.717) is 55.6 Å². The second-order valence-electron chi connectivity index (χ2n) is 7.89. The van der Waals surface area contributed by atoms with Gasteiger partial charge in [-0.15, -0.1) is 0 Å². The number of pyridine rings is 1. The summed E-state index contributed by atoms with van der Waals surface area (Å²) in [5.41, 5.74) is 0.540. The molecule has 0 spiro atoms. The van der Waals surface area contributed by atoms with Crippen LogP contribution in [-0.4, -0.2) is 63.4 Å². The Balaban J connectivity index is 1.51. The first kappa shape index (κ1) is 21.9. The molecular formula is C23H24N2O7S. The van der Waals surface area contributed by atoms with Crippen LogP contribution in [0.5, 0.6) is 11.5 Å². The second kappa shape index (κ2) is 9.14. The Kier molecular flexibility index (Phi) is 6.07. The topological polar surface area (TPSA) is 107 Å². The first-order valence-corrected chi connectivity index (χ1v) is 12.1. The van der Waals surface area contributed by atoms with E-state index in [4.69, 9.17) is 18.9 Å². The Labute approximate surface area is 190 Å². The van der Waals surface area contributed by atoms with Crippen LogP contribution in [-0.2, 0) is 26.0 Å². The summed E-state index contributed by atoms with van der Waals surface area (Å²) in [5, 5.41) is 0.725. The monoisotopic (exact) mass is 472 g/mol. The molecule has 1 atom stereocenters. The summed E-state index contributed by atoms with van der Waals surface area (Å²) in [5.74, 6) is 1.16. The highest BCUT2D eigenvalue weighted by atomic mass is 32.2. The largest absolute Gasteiger partial charge is 0.486 e. The molecular weight excluding hydrogens is 448 g/mol. The standard InChI is InChI=1S/C23H24N2O7S/c26-23-17(10-16-11-21-22(12-20(16)24-23)32-9-8-31-21)13-25(14-18-15-29-6-7-30-18)33(27,28)19-4-2-1-3-5-19/h1-5,10-12,18H,6-9,13-15H2,(H,24,26)/t18-/m1/s1. The van der Waals surface area contributed by atoms with E-state index in [2.05, 4.69) is 4.98 Å². The van der Waals surface area contributed by atoms with Crippen molar-refractivity contribution in [2.24, 2.45) is 0 Å². The van der Waals surface area contributed by atoms with Crippen LogP contribution in [0.4, 0.5) is 0 Å². The zero-order chi connectivity index (χ0) is 22.8. The Bertz CT molecular complexity index is 1300. The molecule has 1 N–H and O–H groups in total. The lowest BCUT2D eigenvalue weighted by Crippen LogP contribution is -2.43. The van der Waals surface area contributed by atoms with Crippen LogP contribution in [0.2, 0.25) is 0 Å². The predicted octanol–water partition coefficient (Wildman–Crippen LogP) is 1.91. The summed E-state index contributed by atoms with van der Waals surface area (Å²) in [7, 11) is -3.88. The van der Waals surface area contributed by atoms with Gasteiger partial charge in [0.25, 0.3) is 5.56 Å². The molecule has 0 radical (unpaired) electrons. The van der Waals surface area contributed by atoms with Gasteiger partial charge in [0.05, 0.1) is 36.3 Å². The van der Waals surface area contributed by atoms with E-state index in [0.717, 1.165) is 5.39 Å². The van der Waals surface area contributed by atoms with Crippen LogP contribution in [0.15, 0.2) is 58.2 Å². The lowest BCUT2D eigenvalue weighted by atomic mass is 10.1. The molecule has 9 nitrogen and oxygen atoms in total. The first-order chi connectivity index (χ1) is 16.0. The number of hydrogen-bond acceptors (Lipinski definition) is 7. The Hall–Kier alpha value is -2.92. The molecule has 0 aliphatic carbocycles. The molecule has 0 saturated carbocycles. The van der Waals surface area contributed by atoms with Crippen molar-refractivity contribution < 1.29 is 27.4 Å². The summed E-state index contributed by atoms with van der Waals surface area (Å²) in [6.07, 6.45) is -0.422. The van der Waals surface area contributed by atoms with E-state index in [1.165, 1.54) is 16.4 Å². The van der Waals surface area contributed by atoms with Gasteiger partial charge in [-0.25, -0.2) is 8.42 Å². The van der Waals surface area contributed by atoms with Gasteiger partial charge in [0.15, 0.2) is 11.5 Å². The van der Waals surface area contributed by atoms with Crippen LogP contribution in [0.1, 0.15) is 5.56 Å². The second-order valence-corrected chi connectivity index (χ2v) is 9.82. The molecule has 0 unspecified atom stereocenters. The maximum absolute atomic E-state index is 13.5. The van der Waals surface area contributed by atoms with Crippen LogP contribution in [0, 0.1) is 0 Å². The molecule has 174 valence electrons. The molecule has 3 aromatic rings. The van der Waals surface area contributed by atoms with Gasteiger partial charge in [0.1, 0.15) is 13.2 Å². The molecule has 1 aromatic heterocycles. The highest BCUT2D eigenvalue weighted by Gasteiger charge is 2.29. The van der Waals surface area contributed by atoms with Gasteiger partial charge in [-0.05, 0) is 24.3 Å². The van der Waals surface area contributed by atoms with Gasteiger partial charge >= 0.3 is 0 Å². The first-order valence-electron chi connectivity index (χ1n) is 10.7. The van der Waals surface area contributed by atoms with E-state index in [-0.39, 0.29) is 23.5 Å². The third-order valence-electron chi connectivity index (χ3n) is 5.60. The Morgan fingerprint density at radius 1 is 0.970 bits per heavy atom. The lowest BCUT2D eigenvalue weighted by molar-refractivity contribution is -0.0923. The molecule has 0 bridgehead atoms. The number of ether oxygens (including phenoxy) is 4. The number of hydrogen-bond donors (Lipinski definition) is 1. The number of aromatic amines is 1. The van der Waals surface area contributed by atoms with E-state index in [1.54, 1.807) is 36.4 Å². The van der Waals surface area contributed by atoms with Crippen molar-refractivity contribution in [3.8, 4) is 11.5 Å².